The number of carbonyl (C=O) groups is 1. The predicted molar refractivity (Wildman–Crippen MR) is 120 cm³/mol. The third kappa shape index (κ3) is 5.27. The first-order valence-electron chi connectivity index (χ1n) is 8.93. The summed E-state index contributed by atoms with van der Waals surface area (Å²) in [6, 6.07) is 15.1. The van der Waals surface area contributed by atoms with E-state index in [0.29, 0.717) is 11.7 Å². The Morgan fingerprint density at radius 2 is 2.07 bits per heavy atom. The van der Waals surface area contributed by atoms with Gasteiger partial charge in [-0.1, -0.05) is 39.8 Å². The second-order valence-corrected chi connectivity index (χ2v) is 8.42. The van der Waals surface area contributed by atoms with Gasteiger partial charge in [-0.3, -0.25) is 9.36 Å². The molecule has 1 amide bonds. The highest BCUT2D eigenvalue weighted by Gasteiger charge is 2.20. The van der Waals surface area contributed by atoms with E-state index in [-0.39, 0.29) is 11.2 Å². The third-order valence-electron chi connectivity index (χ3n) is 4.12. The number of anilines is 1. The molecule has 1 atom stereocenters. The number of hydrogen-bond acceptors (Lipinski definition) is 5. The molecule has 3 aromatic rings. The lowest BCUT2D eigenvalue weighted by Crippen LogP contribution is -2.23. The van der Waals surface area contributed by atoms with Gasteiger partial charge in [0.2, 0.25) is 5.91 Å². The number of nitrogens with zero attached hydrogens (tertiary/aromatic N) is 3. The maximum absolute atomic E-state index is 12.6. The van der Waals surface area contributed by atoms with E-state index in [1.54, 1.807) is 13.2 Å². The molecular weight excluding hydrogens is 452 g/mol. The summed E-state index contributed by atoms with van der Waals surface area (Å²) < 4.78 is 8.07. The lowest BCUT2D eigenvalue weighted by atomic mass is 10.2. The van der Waals surface area contributed by atoms with Gasteiger partial charge in [0.25, 0.3) is 0 Å². The topological polar surface area (TPSA) is 69.0 Å². The van der Waals surface area contributed by atoms with Gasteiger partial charge in [-0.2, -0.15) is 0 Å². The molecule has 1 N–H and O–H groups in total. The van der Waals surface area contributed by atoms with Crippen molar-refractivity contribution < 1.29 is 9.53 Å². The number of halogens is 1. The Morgan fingerprint density at radius 3 is 2.72 bits per heavy atom. The molecule has 0 saturated heterocycles. The number of nitrogens with one attached hydrogen (secondary N) is 1. The summed E-state index contributed by atoms with van der Waals surface area (Å²) >= 11 is 4.77. The fourth-order valence-electron chi connectivity index (χ4n) is 2.64. The zero-order valence-electron chi connectivity index (χ0n) is 16.1. The van der Waals surface area contributed by atoms with Crippen LogP contribution in [0.3, 0.4) is 0 Å². The second kappa shape index (κ2) is 9.76. The molecule has 3 rings (SSSR count). The van der Waals surface area contributed by atoms with Crippen molar-refractivity contribution in [1.29, 1.82) is 0 Å². The van der Waals surface area contributed by atoms with Gasteiger partial charge in [-0.05, 0) is 49.4 Å². The lowest BCUT2D eigenvalue weighted by molar-refractivity contribution is -0.115. The molecule has 0 saturated carbocycles. The molecule has 0 radical (unpaired) electrons. The van der Waals surface area contributed by atoms with Gasteiger partial charge in [0.1, 0.15) is 5.75 Å². The first kappa shape index (κ1) is 21.1. The zero-order valence-corrected chi connectivity index (χ0v) is 18.5. The van der Waals surface area contributed by atoms with Gasteiger partial charge in [0.05, 0.1) is 12.4 Å². The Labute approximate surface area is 182 Å². The summed E-state index contributed by atoms with van der Waals surface area (Å²) in [4.78, 5) is 12.6. The fraction of sp³-hybridized carbons (Fsp3) is 0.190. The number of carbonyl (C=O) groups excluding carboxylic acids is 1. The highest BCUT2D eigenvalue weighted by Crippen LogP contribution is 2.28. The fourth-order valence-corrected chi connectivity index (χ4v) is 3.90. The third-order valence-corrected chi connectivity index (χ3v) is 5.69. The molecular formula is C21H21BrN4O2S. The molecule has 0 spiro atoms. The number of rotatable bonds is 8. The van der Waals surface area contributed by atoms with Crippen LogP contribution >= 0.6 is 27.7 Å². The van der Waals surface area contributed by atoms with E-state index < -0.39 is 0 Å². The lowest BCUT2D eigenvalue weighted by Gasteiger charge is -2.13. The van der Waals surface area contributed by atoms with Crippen LogP contribution in [0.25, 0.3) is 11.4 Å². The quantitative estimate of drug-likeness (QED) is 0.368. The molecule has 1 unspecified atom stereocenters. The highest BCUT2D eigenvalue weighted by atomic mass is 79.9. The van der Waals surface area contributed by atoms with Crippen molar-refractivity contribution in [2.24, 2.45) is 0 Å². The SMILES string of the molecule is C=CCn1c(SC(C)C(=O)Nc2cccc(Br)c2)nnc1-c1ccc(OC)cc1. The Morgan fingerprint density at radius 1 is 1.31 bits per heavy atom. The minimum atomic E-state index is -0.356. The summed E-state index contributed by atoms with van der Waals surface area (Å²) in [7, 11) is 1.63. The van der Waals surface area contributed by atoms with Crippen molar-refractivity contribution in [1.82, 2.24) is 14.8 Å². The first-order chi connectivity index (χ1) is 14.0. The summed E-state index contributed by atoms with van der Waals surface area (Å²) in [5.74, 6) is 1.39. The number of amides is 1. The van der Waals surface area contributed by atoms with Crippen molar-refractivity contribution in [3.63, 3.8) is 0 Å². The molecule has 0 fully saturated rings. The smallest absolute Gasteiger partial charge is 0.237 e. The van der Waals surface area contributed by atoms with Crippen molar-refractivity contribution in [3.05, 3.63) is 65.7 Å². The largest absolute Gasteiger partial charge is 0.497 e. The van der Waals surface area contributed by atoms with E-state index >= 15 is 0 Å². The minimum absolute atomic E-state index is 0.104. The first-order valence-corrected chi connectivity index (χ1v) is 10.6. The number of methoxy groups -OCH3 is 1. The van der Waals surface area contributed by atoms with E-state index in [0.717, 1.165) is 27.3 Å². The van der Waals surface area contributed by atoms with Crippen LogP contribution in [-0.2, 0) is 11.3 Å². The van der Waals surface area contributed by atoms with Gasteiger partial charge < -0.3 is 10.1 Å². The number of thioether (sulfide) groups is 1. The highest BCUT2D eigenvalue weighted by molar-refractivity contribution is 9.10. The van der Waals surface area contributed by atoms with Crippen LogP contribution in [0.5, 0.6) is 5.75 Å². The van der Waals surface area contributed by atoms with Crippen LogP contribution in [0.1, 0.15) is 6.92 Å². The summed E-state index contributed by atoms with van der Waals surface area (Å²) in [6.45, 7) is 6.21. The number of benzene rings is 2. The Bertz CT molecular complexity index is 1000. The Hall–Kier alpha value is -2.58. The maximum atomic E-state index is 12.6. The van der Waals surface area contributed by atoms with E-state index in [4.69, 9.17) is 4.74 Å². The van der Waals surface area contributed by atoms with Crippen molar-refractivity contribution in [3.8, 4) is 17.1 Å². The standard InChI is InChI=1S/C21H21BrN4O2S/c1-4-12-26-19(15-8-10-18(28-3)11-9-15)24-25-21(26)29-14(2)20(27)23-17-7-5-6-16(22)13-17/h4-11,13-14H,1,12H2,2-3H3,(H,23,27). The van der Waals surface area contributed by atoms with Gasteiger partial charge in [0.15, 0.2) is 11.0 Å². The number of hydrogen-bond donors (Lipinski definition) is 1. The van der Waals surface area contributed by atoms with Crippen molar-refractivity contribution in [2.75, 3.05) is 12.4 Å². The molecule has 6 nitrogen and oxygen atoms in total. The molecule has 2 aromatic carbocycles. The molecule has 0 aliphatic heterocycles. The average Bonchev–Trinajstić information content (AvgIpc) is 3.10. The van der Waals surface area contributed by atoms with Gasteiger partial charge >= 0.3 is 0 Å². The molecule has 1 heterocycles. The molecule has 8 heteroatoms. The van der Waals surface area contributed by atoms with E-state index in [1.165, 1.54) is 11.8 Å². The second-order valence-electron chi connectivity index (χ2n) is 6.19. The zero-order chi connectivity index (χ0) is 20.8. The van der Waals surface area contributed by atoms with Gasteiger partial charge in [-0.15, -0.1) is 16.8 Å². The number of aromatic nitrogens is 3. The summed E-state index contributed by atoms with van der Waals surface area (Å²) in [6.07, 6.45) is 1.78. The average molecular weight is 473 g/mol. The number of allylic oxidation sites excluding steroid dienone is 1. The molecule has 150 valence electrons. The van der Waals surface area contributed by atoms with Crippen LogP contribution in [0, 0.1) is 0 Å². The van der Waals surface area contributed by atoms with Crippen LogP contribution in [0.15, 0.2) is 70.8 Å². The van der Waals surface area contributed by atoms with E-state index in [1.807, 2.05) is 60.0 Å². The van der Waals surface area contributed by atoms with Crippen LogP contribution < -0.4 is 10.1 Å². The monoisotopic (exact) mass is 472 g/mol. The Balaban J connectivity index is 1.78. The maximum Gasteiger partial charge on any atom is 0.237 e. The molecule has 29 heavy (non-hydrogen) atoms. The molecule has 0 bridgehead atoms. The van der Waals surface area contributed by atoms with E-state index in [2.05, 4.69) is 38.0 Å². The van der Waals surface area contributed by atoms with E-state index in [9.17, 15) is 4.79 Å². The van der Waals surface area contributed by atoms with Crippen molar-refractivity contribution >= 4 is 39.3 Å². The number of ether oxygens (including phenoxy) is 1. The predicted octanol–water partition coefficient (Wildman–Crippen LogP) is 5.02. The summed E-state index contributed by atoms with van der Waals surface area (Å²) in [5.41, 5.74) is 1.65. The van der Waals surface area contributed by atoms with Crippen LogP contribution in [0.4, 0.5) is 5.69 Å². The Kier molecular flexibility index (Phi) is 7.11. The molecule has 0 aliphatic carbocycles. The molecule has 1 aromatic heterocycles. The van der Waals surface area contributed by atoms with Gasteiger partial charge in [-0.25, -0.2) is 0 Å². The van der Waals surface area contributed by atoms with Crippen LogP contribution in [-0.4, -0.2) is 33.0 Å². The minimum Gasteiger partial charge on any atom is -0.497 e. The van der Waals surface area contributed by atoms with Gasteiger partial charge in [0, 0.05) is 22.3 Å². The molecule has 0 aliphatic rings. The van der Waals surface area contributed by atoms with Crippen LogP contribution in [0.2, 0.25) is 0 Å². The summed E-state index contributed by atoms with van der Waals surface area (Å²) in [5, 5.41) is 11.9. The normalized spacial score (nSPS) is 11.7. The van der Waals surface area contributed by atoms with Crippen molar-refractivity contribution in [2.45, 2.75) is 23.9 Å².